The third-order valence-corrected chi connectivity index (χ3v) is 6.88. The largest absolute Gasteiger partial charge is 0.423 e. The predicted molar refractivity (Wildman–Crippen MR) is 133 cm³/mol. The van der Waals surface area contributed by atoms with E-state index in [0.717, 1.165) is 12.0 Å². The van der Waals surface area contributed by atoms with E-state index in [2.05, 4.69) is 15.0 Å². The minimum absolute atomic E-state index is 0.0282. The van der Waals surface area contributed by atoms with Crippen molar-refractivity contribution in [3.63, 3.8) is 0 Å². The molecular formula is C25H30F3N7O3. The van der Waals surface area contributed by atoms with Crippen LogP contribution in [0.2, 0.25) is 0 Å². The van der Waals surface area contributed by atoms with Gasteiger partial charge in [0.15, 0.2) is 0 Å². The lowest BCUT2D eigenvalue weighted by atomic mass is 10.1. The molecule has 204 valence electrons. The number of carbonyl (C=O) groups is 1. The summed E-state index contributed by atoms with van der Waals surface area (Å²) in [6.07, 6.45) is -0.601. The highest BCUT2D eigenvalue weighted by Gasteiger charge is 2.40. The first-order chi connectivity index (χ1) is 18.2. The van der Waals surface area contributed by atoms with Crippen molar-refractivity contribution in [2.45, 2.75) is 38.4 Å². The van der Waals surface area contributed by atoms with Crippen molar-refractivity contribution in [1.82, 2.24) is 20.1 Å². The second kappa shape index (κ2) is 11.8. The Labute approximate surface area is 218 Å². The van der Waals surface area contributed by atoms with Crippen LogP contribution in [0, 0.1) is 17.2 Å². The SMILES string of the molecule is C[C@@H](COC[C@@H]1CCCN1c1cn[nH]c(=O)c1C(F)(F)F)CC(=O)N1CCN(c2ccc(C#N)cn2)CC1. The Morgan fingerprint density at radius 1 is 1.24 bits per heavy atom. The molecule has 4 rings (SSSR count). The molecule has 0 spiro atoms. The zero-order valence-corrected chi connectivity index (χ0v) is 21.1. The number of hydrogen-bond donors (Lipinski definition) is 1. The summed E-state index contributed by atoms with van der Waals surface area (Å²) in [4.78, 5) is 34.4. The molecular weight excluding hydrogens is 503 g/mol. The fourth-order valence-corrected chi connectivity index (χ4v) is 4.92. The van der Waals surface area contributed by atoms with Crippen LogP contribution >= 0.6 is 0 Å². The number of H-pyrrole nitrogens is 1. The van der Waals surface area contributed by atoms with Gasteiger partial charge in [0.25, 0.3) is 5.56 Å². The number of pyridine rings is 1. The van der Waals surface area contributed by atoms with Crippen molar-refractivity contribution >= 4 is 17.4 Å². The number of hydrogen-bond acceptors (Lipinski definition) is 8. The maximum absolute atomic E-state index is 13.5. The van der Waals surface area contributed by atoms with Gasteiger partial charge in [-0.25, -0.2) is 10.1 Å². The van der Waals surface area contributed by atoms with Crippen molar-refractivity contribution in [2.24, 2.45) is 5.92 Å². The predicted octanol–water partition coefficient (Wildman–Crippen LogP) is 2.42. The molecule has 38 heavy (non-hydrogen) atoms. The summed E-state index contributed by atoms with van der Waals surface area (Å²) >= 11 is 0. The van der Waals surface area contributed by atoms with E-state index in [0.29, 0.717) is 64.2 Å². The number of rotatable bonds is 8. The molecule has 1 amide bonds. The lowest BCUT2D eigenvalue weighted by Gasteiger charge is -2.36. The van der Waals surface area contributed by atoms with Crippen LogP contribution in [0.15, 0.2) is 29.3 Å². The quantitative estimate of drug-likeness (QED) is 0.550. The van der Waals surface area contributed by atoms with Crippen LogP contribution in [-0.4, -0.2) is 78.0 Å². The van der Waals surface area contributed by atoms with Gasteiger partial charge in [0.05, 0.1) is 30.1 Å². The van der Waals surface area contributed by atoms with E-state index in [-0.39, 0.29) is 30.2 Å². The van der Waals surface area contributed by atoms with Gasteiger partial charge in [-0.3, -0.25) is 9.59 Å². The number of alkyl halides is 3. The van der Waals surface area contributed by atoms with Gasteiger partial charge in [-0.2, -0.15) is 23.5 Å². The van der Waals surface area contributed by atoms with E-state index in [4.69, 9.17) is 10.00 Å². The molecule has 2 aromatic rings. The second-order valence-corrected chi connectivity index (χ2v) is 9.68. The Morgan fingerprint density at radius 2 is 2.00 bits per heavy atom. The molecule has 2 fully saturated rings. The Balaban J connectivity index is 1.23. The molecule has 2 aromatic heterocycles. The molecule has 0 aromatic carbocycles. The Bertz CT molecular complexity index is 1200. The number of ether oxygens (including phenoxy) is 1. The van der Waals surface area contributed by atoms with Crippen molar-refractivity contribution in [2.75, 3.05) is 55.7 Å². The van der Waals surface area contributed by atoms with E-state index in [1.165, 1.54) is 6.20 Å². The van der Waals surface area contributed by atoms with Crippen molar-refractivity contribution < 1.29 is 22.7 Å². The molecule has 10 nitrogen and oxygen atoms in total. The van der Waals surface area contributed by atoms with Gasteiger partial charge in [0, 0.05) is 51.9 Å². The lowest BCUT2D eigenvalue weighted by molar-refractivity contribution is -0.138. The van der Waals surface area contributed by atoms with Gasteiger partial charge in [-0.05, 0) is 30.9 Å². The summed E-state index contributed by atoms with van der Waals surface area (Å²) in [6.45, 7) is 5.19. The highest BCUT2D eigenvalue weighted by Crippen LogP contribution is 2.36. The average Bonchev–Trinajstić information content (AvgIpc) is 3.36. The Hall–Kier alpha value is -3.66. The molecule has 2 aliphatic rings. The van der Waals surface area contributed by atoms with Gasteiger partial charge in [-0.15, -0.1) is 0 Å². The number of aromatic amines is 1. The van der Waals surface area contributed by atoms with E-state index in [1.54, 1.807) is 17.0 Å². The van der Waals surface area contributed by atoms with E-state index >= 15 is 0 Å². The molecule has 4 heterocycles. The molecule has 0 bridgehead atoms. The number of piperazine rings is 1. The Morgan fingerprint density at radius 3 is 2.66 bits per heavy atom. The van der Waals surface area contributed by atoms with E-state index in [9.17, 15) is 22.8 Å². The summed E-state index contributed by atoms with van der Waals surface area (Å²) in [5.41, 5.74) is -2.24. The summed E-state index contributed by atoms with van der Waals surface area (Å²) in [7, 11) is 0. The highest BCUT2D eigenvalue weighted by molar-refractivity contribution is 5.76. The van der Waals surface area contributed by atoms with Gasteiger partial charge in [-0.1, -0.05) is 6.92 Å². The first-order valence-corrected chi connectivity index (χ1v) is 12.6. The molecule has 1 N–H and O–H groups in total. The number of nitrogens with zero attached hydrogens (tertiary/aromatic N) is 6. The highest BCUT2D eigenvalue weighted by atomic mass is 19.4. The van der Waals surface area contributed by atoms with Crippen molar-refractivity contribution in [1.29, 1.82) is 5.26 Å². The first kappa shape index (κ1) is 27.4. The number of halogens is 3. The Kier molecular flexibility index (Phi) is 8.51. The monoisotopic (exact) mass is 533 g/mol. The van der Waals surface area contributed by atoms with E-state index < -0.39 is 17.3 Å². The van der Waals surface area contributed by atoms with Crippen molar-refractivity contribution in [3.05, 3.63) is 46.0 Å². The minimum atomic E-state index is -4.79. The maximum atomic E-state index is 13.5. The topological polar surface area (TPSA) is 118 Å². The standard InChI is InChI=1S/C25H30F3N7O3/c1-17(11-22(36)34-9-7-33(8-10-34)21-5-4-18(12-29)13-30-21)15-38-16-19-3-2-6-35(19)20-14-31-32-24(37)23(20)25(26,27)28/h4-5,13-14,17,19H,2-3,6-11,15-16H2,1H3,(H,32,37)/t17-,19+/m1/s1. The van der Waals surface area contributed by atoms with Crippen LogP contribution in [0.25, 0.3) is 0 Å². The normalized spacial score (nSPS) is 18.9. The van der Waals surface area contributed by atoms with E-state index in [1.807, 2.05) is 23.0 Å². The van der Waals surface area contributed by atoms with Crippen LogP contribution in [0.4, 0.5) is 24.7 Å². The molecule has 2 aliphatic heterocycles. The number of amides is 1. The second-order valence-electron chi connectivity index (χ2n) is 9.68. The number of nitriles is 1. The van der Waals surface area contributed by atoms with Gasteiger partial charge in [0.1, 0.15) is 17.5 Å². The van der Waals surface area contributed by atoms with Crippen LogP contribution in [0.3, 0.4) is 0 Å². The fourth-order valence-electron chi connectivity index (χ4n) is 4.92. The number of nitrogens with one attached hydrogen (secondary N) is 1. The van der Waals surface area contributed by atoms with Gasteiger partial charge in [0.2, 0.25) is 5.91 Å². The first-order valence-electron chi connectivity index (χ1n) is 12.6. The number of aromatic nitrogens is 3. The molecule has 0 aliphatic carbocycles. The smallest absolute Gasteiger partial charge is 0.379 e. The molecule has 2 atom stereocenters. The molecule has 0 radical (unpaired) electrons. The molecule has 0 saturated carbocycles. The summed E-state index contributed by atoms with van der Waals surface area (Å²) in [6, 6.07) is 5.25. The number of carbonyl (C=O) groups excluding carboxylic acids is 1. The summed E-state index contributed by atoms with van der Waals surface area (Å²) < 4.78 is 46.3. The third kappa shape index (κ3) is 6.42. The lowest BCUT2D eigenvalue weighted by Crippen LogP contribution is -2.49. The summed E-state index contributed by atoms with van der Waals surface area (Å²) in [5, 5.41) is 14.3. The zero-order chi connectivity index (χ0) is 27.3. The van der Waals surface area contributed by atoms with Crippen LogP contribution < -0.4 is 15.4 Å². The average molecular weight is 534 g/mol. The van der Waals surface area contributed by atoms with Crippen molar-refractivity contribution in [3.8, 4) is 6.07 Å². The minimum Gasteiger partial charge on any atom is -0.379 e. The summed E-state index contributed by atoms with van der Waals surface area (Å²) in [5.74, 6) is 0.736. The van der Waals surface area contributed by atoms with Gasteiger partial charge >= 0.3 is 6.18 Å². The number of anilines is 2. The maximum Gasteiger partial charge on any atom is 0.423 e. The van der Waals surface area contributed by atoms with Crippen LogP contribution in [0.5, 0.6) is 0 Å². The zero-order valence-electron chi connectivity index (χ0n) is 21.1. The van der Waals surface area contributed by atoms with Crippen LogP contribution in [-0.2, 0) is 15.7 Å². The fraction of sp³-hybridized carbons (Fsp3) is 0.560. The molecule has 0 unspecified atom stereocenters. The third-order valence-electron chi connectivity index (χ3n) is 6.88. The molecule has 2 saturated heterocycles. The molecule has 13 heteroatoms. The van der Waals surface area contributed by atoms with Gasteiger partial charge < -0.3 is 19.4 Å². The van der Waals surface area contributed by atoms with Crippen LogP contribution in [0.1, 0.15) is 37.3 Å².